The van der Waals surface area contributed by atoms with Crippen molar-refractivity contribution in [3.05, 3.63) is 204 Å². The van der Waals surface area contributed by atoms with Crippen molar-refractivity contribution in [3.63, 3.8) is 0 Å². The van der Waals surface area contributed by atoms with Gasteiger partial charge in [-0.05, 0) is 79.2 Å². The van der Waals surface area contributed by atoms with Gasteiger partial charge in [-0.25, -0.2) is 0 Å². The van der Waals surface area contributed by atoms with Crippen molar-refractivity contribution in [1.29, 1.82) is 0 Å². The maximum atomic E-state index is 6.61. The average Bonchev–Trinajstić information content (AvgIpc) is 3.14. The zero-order valence-corrected chi connectivity index (χ0v) is 25.2. The molecule has 0 spiro atoms. The monoisotopic (exact) mass is 586 g/mol. The highest BCUT2D eigenvalue weighted by molar-refractivity contribution is 6.08. The van der Waals surface area contributed by atoms with Crippen molar-refractivity contribution in [3.8, 4) is 33.8 Å². The molecule has 1 heterocycles. The van der Waals surface area contributed by atoms with Crippen LogP contribution < -0.4 is 4.74 Å². The Morgan fingerprint density at radius 3 is 1.59 bits per heavy atom. The molecule has 46 heavy (non-hydrogen) atoms. The Morgan fingerprint density at radius 1 is 0.326 bits per heavy atom. The summed E-state index contributed by atoms with van der Waals surface area (Å²) in [5.41, 5.74) is 8.96. The molecule has 1 aliphatic heterocycles. The third kappa shape index (κ3) is 4.09. The molecular weight excluding hydrogens is 556 g/mol. The summed E-state index contributed by atoms with van der Waals surface area (Å²) in [5, 5.41) is 5.11. The van der Waals surface area contributed by atoms with E-state index in [0.29, 0.717) is 0 Å². The largest absolute Gasteiger partial charge is 0.457 e. The summed E-state index contributed by atoms with van der Waals surface area (Å²) in [6.45, 7) is 0. The van der Waals surface area contributed by atoms with Gasteiger partial charge < -0.3 is 4.74 Å². The van der Waals surface area contributed by atoms with Crippen LogP contribution in [0.15, 0.2) is 182 Å². The molecule has 8 aromatic carbocycles. The van der Waals surface area contributed by atoms with E-state index in [-0.39, 0.29) is 0 Å². The van der Waals surface area contributed by atoms with E-state index in [1.54, 1.807) is 0 Å². The number of ether oxygens (including phenoxy) is 1. The van der Waals surface area contributed by atoms with E-state index in [2.05, 4.69) is 182 Å². The molecule has 1 nitrogen and oxygen atoms in total. The summed E-state index contributed by atoms with van der Waals surface area (Å²) in [5.74, 6) is 1.78. The number of hydrogen-bond acceptors (Lipinski definition) is 1. The van der Waals surface area contributed by atoms with Gasteiger partial charge in [-0.3, -0.25) is 0 Å². The van der Waals surface area contributed by atoms with Gasteiger partial charge in [0.05, 0.1) is 5.41 Å². The number of benzene rings is 8. The Bertz CT molecular complexity index is 2330. The zero-order valence-electron chi connectivity index (χ0n) is 25.2. The fourth-order valence-electron chi connectivity index (χ4n) is 7.43. The first-order valence-electron chi connectivity index (χ1n) is 15.8. The molecule has 0 amide bonds. The molecule has 9 rings (SSSR count). The fraction of sp³-hybridized carbons (Fsp3) is 0.0222. The number of para-hydroxylation sites is 1. The molecule has 0 aromatic heterocycles. The van der Waals surface area contributed by atoms with Crippen LogP contribution in [0.25, 0.3) is 43.8 Å². The van der Waals surface area contributed by atoms with E-state index in [9.17, 15) is 0 Å². The number of rotatable bonds is 4. The second-order valence-electron chi connectivity index (χ2n) is 12.1. The quantitative estimate of drug-likeness (QED) is 0.186. The van der Waals surface area contributed by atoms with E-state index in [0.717, 1.165) is 28.2 Å². The van der Waals surface area contributed by atoms with Gasteiger partial charge in [0.2, 0.25) is 0 Å². The summed E-state index contributed by atoms with van der Waals surface area (Å²) < 4.78 is 6.61. The van der Waals surface area contributed by atoms with E-state index in [1.165, 1.54) is 49.4 Å². The van der Waals surface area contributed by atoms with Gasteiger partial charge in [0, 0.05) is 11.1 Å². The summed E-state index contributed by atoms with van der Waals surface area (Å²) >= 11 is 0. The molecular formula is C45H30O. The van der Waals surface area contributed by atoms with Crippen LogP contribution >= 0.6 is 0 Å². The van der Waals surface area contributed by atoms with E-state index in [1.807, 2.05) is 0 Å². The zero-order chi connectivity index (χ0) is 30.5. The molecule has 8 aromatic rings. The normalized spacial score (nSPS) is 13.1. The summed E-state index contributed by atoms with van der Waals surface area (Å²) in [7, 11) is 0. The summed E-state index contributed by atoms with van der Waals surface area (Å²) in [6.07, 6.45) is 0. The first kappa shape index (κ1) is 26.5. The predicted molar refractivity (Wildman–Crippen MR) is 191 cm³/mol. The van der Waals surface area contributed by atoms with Crippen LogP contribution in [0.5, 0.6) is 11.5 Å². The molecule has 0 N–H and O–H groups in total. The topological polar surface area (TPSA) is 9.23 Å². The average molecular weight is 587 g/mol. The third-order valence-electron chi connectivity index (χ3n) is 9.60. The third-order valence-corrected chi connectivity index (χ3v) is 9.60. The van der Waals surface area contributed by atoms with Crippen LogP contribution in [-0.2, 0) is 5.41 Å². The van der Waals surface area contributed by atoms with Gasteiger partial charge >= 0.3 is 0 Å². The molecule has 0 radical (unpaired) electrons. The van der Waals surface area contributed by atoms with Crippen molar-refractivity contribution in [2.75, 3.05) is 0 Å². The number of hydrogen-bond donors (Lipinski definition) is 0. The maximum absolute atomic E-state index is 6.61. The van der Waals surface area contributed by atoms with Gasteiger partial charge in [0.15, 0.2) is 0 Å². The van der Waals surface area contributed by atoms with E-state index in [4.69, 9.17) is 4.74 Å². The van der Waals surface area contributed by atoms with Crippen LogP contribution in [-0.4, -0.2) is 0 Å². The Labute approximate surface area is 269 Å². The van der Waals surface area contributed by atoms with Crippen molar-refractivity contribution in [2.45, 2.75) is 5.41 Å². The van der Waals surface area contributed by atoms with Crippen LogP contribution in [0.3, 0.4) is 0 Å². The highest BCUT2D eigenvalue weighted by Crippen LogP contribution is 2.55. The Kier molecular flexibility index (Phi) is 6.11. The molecule has 0 bridgehead atoms. The SMILES string of the molecule is c1ccc(C2(c3ccccc3)c3ccccc3Oc3ccc(-c4ccc(-c5ccc6c(ccc7ccccc76)c5)cc4)cc32)cc1. The predicted octanol–water partition coefficient (Wildman–Crippen LogP) is 11.8. The first-order valence-corrected chi connectivity index (χ1v) is 15.8. The lowest BCUT2D eigenvalue weighted by Crippen LogP contribution is -2.34. The van der Waals surface area contributed by atoms with Crippen LogP contribution in [0, 0.1) is 0 Å². The Morgan fingerprint density at radius 2 is 0.848 bits per heavy atom. The fourth-order valence-corrected chi connectivity index (χ4v) is 7.43. The molecule has 216 valence electrons. The minimum absolute atomic E-state index is 0.530. The van der Waals surface area contributed by atoms with Crippen LogP contribution in [0.1, 0.15) is 22.3 Å². The summed E-state index contributed by atoms with van der Waals surface area (Å²) in [4.78, 5) is 0. The lowest BCUT2D eigenvalue weighted by molar-refractivity contribution is 0.434. The van der Waals surface area contributed by atoms with Crippen molar-refractivity contribution in [2.24, 2.45) is 0 Å². The van der Waals surface area contributed by atoms with Crippen molar-refractivity contribution >= 4 is 21.5 Å². The first-order chi connectivity index (χ1) is 22.8. The second-order valence-corrected chi connectivity index (χ2v) is 12.1. The summed E-state index contributed by atoms with van der Waals surface area (Å²) in [6, 6.07) is 65.6. The smallest absolute Gasteiger partial charge is 0.132 e. The van der Waals surface area contributed by atoms with E-state index >= 15 is 0 Å². The van der Waals surface area contributed by atoms with Gasteiger partial charge in [0.25, 0.3) is 0 Å². The molecule has 0 saturated carbocycles. The standard InChI is InChI=1S/C45H30O/c1-3-12-37(13-4-1)45(38-14-5-2-6-15-38)41-17-9-10-18-43(41)46-44-28-26-35(30-42(44)45)32-21-19-31(20-22-32)34-25-27-40-36(29-34)24-23-33-11-7-8-16-39(33)40/h1-30H. The molecule has 1 aliphatic rings. The minimum Gasteiger partial charge on any atom is -0.457 e. The van der Waals surface area contributed by atoms with Crippen molar-refractivity contribution in [1.82, 2.24) is 0 Å². The van der Waals surface area contributed by atoms with Gasteiger partial charge in [-0.1, -0.05) is 158 Å². The van der Waals surface area contributed by atoms with Crippen LogP contribution in [0.2, 0.25) is 0 Å². The Balaban J connectivity index is 1.17. The Hall–Kier alpha value is -5.92. The maximum Gasteiger partial charge on any atom is 0.132 e. The molecule has 0 saturated heterocycles. The molecule has 1 heteroatoms. The molecule has 0 unspecified atom stereocenters. The number of fused-ring (bicyclic) bond motifs is 5. The van der Waals surface area contributed by atoms with Gasteiger partial charge in [0.1, 0.15) is 11.5 Å². The van der Waals surface area contributed by atoms with E-state index < -0.39 is 5.41 Å². The highest BCUT2D eigenvalue weighted by Gasteiger charge is 2.45. The second kappa shape index (κ2) is 10.6. The van der Waals surface area contributed by atoms with Gasteiger partial charge in [-0.2, -0.15) is 0 Å². The van der Waals surface area contributed by atoms with Crippen LogP contribution in [0.4, 0.5) is 0 Å². The molecule has 0 fully saturated rings. The van der Waals surface area contributed by atoms with Gasteiger partial charge in [-0.15, -0.1) is 0 Å². The highest BCUT2D eigenvalue weighted by atomic mass is 16.5. The minimum atomic E-state index is -0.530. The lowest BCUT2D eigenvalue weighted by Gasteiger charge is -2.41. The van der Waals surface area contributed by atoms with Crippen molar-refractivity contribution < 1.29 is 4.74 Å². The molecule has 0 atom stereocenters. The molecule has 0 aliphatic carbocycles. The lowest BCUT2D eigenvalue weighted by atomic mass is 9.63.